The Morgan fingerprint density at radius 3 is 2.60 bits per heavy atom. The minimum atomic E-state index is -0.505. The average Bonchev–Trinajstić information content (AvgIpc) is 2.97. The van der Waals surface area contributed by atoms with Crippen molar-refractivity contribution in [2.75, 3.05) is 16.8 Å². The summed E-state index contributed by atoms with van der Waals surface area (Å²) in [7, 11) is 1.80. The Kier molecular flexibility index (Phi) is 4.62. The zero-order chi connectivity index (χ0) is 18.0. The maximum atomic E-state index is 14.2. The number of hydrogen-bond acceptors (Lipinski definition) is 5. The molecule has 1 heterocycles. The highest BCUT2D eigenvalue weighted by Crippen LogP contribution is 2.31. The summed E-state index contributed by atoms with van der Waals surface area (Å²) < 4.78 is 16.0. The van der Waals surface area contributed by atoms with Crippen molar-refractivity contribution in [2.24, 2.45) is 7.05 Å². The van der Waals surface area contributed by atoms with Crippen LogP contribution in [0.25, 0.3) is 0 Å². The molecule has 0 saturated heterocycles. The smallest absolute Gasteiger partial charge is 0.257 e. The topological polar surface area (TPSA) is 99.0 Å². The van der Waals surface area contributed by atoms with Gasteiger partial charge in [-0.1, -0.05) is 0 Å². The fourth-order valence-corrected chi connectivity index (χ4v) is 3.01. The molecule has 0 spiro atoms. The third-order valence-electron chi connectivity index (χ3n) is 3.50. The summed E-state index contributed by atoms with van der Waals surface area (Å²) in [4.78, 5) is 16.9. The van der Waals surface area contributed by atoms with Gasteiger partial charge in [0.25, 0.3) is 5.91 Å². The normalized spacial score (nSPS) is 10.6. The van der Waals surface area contributed by atoms with E-state index in [1.807, 2.05) is 0 Å². The first-order valence-corrected chi connectivity index (χ1v) is 8.17. The van der Waals surface area contributed by atoms with Crippen molar-refractivity contribution < 1.29 is 9.18 Å². The highest BCUT2D eigenvalue weighted by atomic mass is 32.2. The third kappa shape index (κ3) is 3.74. The molecule has 25 heavy (non-hydrogen) atoms. The van der Waals surface area contributed by atoms with Crippen LogP contribution in [0, 0.1) is 5.82 Å². The summed E-state index contributed by atoms with van der Waals surface area (Å²) in [6, 6.07) is 9.27. The Labute approximate surface area is 148 Å². The van der Waals surface area contributed by atoms with Crippen molar-refractivity contribution in [3.05, 3.63) is 60.2 Å². The zero-order valence-electron chi connectivity index (χ0n) is 13.4. The maximum absolute atomic E-state index is 14.2. The number of nitrogen functional groups attached to an aromatic ring is 2. The number of rotatable bonds is 4. The largest absolute Gasteiger partial charge is 0.399 e. The summed E-state index contributed by atoms with van der Waals surface area (Å²) in [5.74, 6) is -0.932. The molecule has 3 rings (SSSR count). The molecule has 8 heteroatoms. The predicted molar refractivity (Wildman–Crippen MR) is 97.0 cm³/mol. The van der Waals surface area contributed by atoms with E-state index in [1.54, 1.807) is 48.3 Å². The van der Waals surface area contributed by atoms with Crippen LogP contribution >= 0.6 is 11.8 Å². The first-order valence-electron chi connectivity index (χ1n) is 7.35. The van der Waals surface area contributed by atoms with E-state index in [-0.39, 0.29) is 16.1 Å². The van der Waals surface area contributed by atoms with Gasteiger partial charge in [0.15, 0.2) is 5.16 Å². The van der Waals surface area contributed by atoms with Crippen molar-refractivity contribution in [1.82, 2.24) is 9.55 Å². The van der Waals surface area contributed by atoms with Gasteiger partial charge < -0.3 is 21.4 Å². The van der Waals surface area contributed by atoms with Crippen LogP contribution in [-0.2, 0) is 7.05 Å². The molecule has 0 atom stereocenters. The molecular weight excluding hydrogens is 341 g/mol. The number of hydrogen-bond donors (Lipinski definition) is 3. The van der Waals surface area contributed by atoms with Crippen LogP contribution in [0.15, 0.2) is 58.8 Å². The van der Waals surface area contributed by atoms with Gasteiger partial charge in [-0.2, -0.15) is 0 Å². The van der Waals surface area contributed by atoms with Crippen LogP contribution in [0.3, 0.4) is 0 Å². The number of aryl methyl sites for hydroxylation is 1. The predicted octanol–water partition coefficient (Wildman–Crippen LogP) is 3.13. The first kappa shape index (κ1) is 16.8. The standard InChI is InChI=1S/C17H16FN5OS/c1-23-7-6-21-17(23)25-15-8-12(14(20)9-13(15)18)16(24)22-11-4-2-10(19)3-5-11/h2-9H,19-20H2,1H3,(H,22,24). The van der Waals surface area contributed by atoms with Crippen molar-refractivity contribution in [2.45, 2.75) is 10.1 Å². The highest BCUT2D eigenvalue weighted by molar-refractivity contribution is 7.99. The van der Waals surface area contributed by atoms with Crippen LogP contribution in [0.2, 0.25) is 0 Å². The minimum absolute atomic E-state index is 0.0645. The van der Waals surface area contributed by atoms with Gasteiger partial charge in [-0.25, -0.2) is 9.37 Å². The average molecular weight is 357 g/mol. The van der Waals surface area contributed by atoms with Crippen LogP contribution in [0.5, 0.6) is 0 Å². The van der Waals surface area contributed by atoms with Gasteiger partial charge in [0.05, 0.1) is 10.5 Å². The monoisotopic (exact) mass is 357 g/mol. The van der Waals surface area contributed by atoms with Crippen molar-refractivity contribution in [3.63, 3.8) is 0 Å². The molecule has 0 aliphatic carbocycles. The van der Waals surface area contributed by atoms with Gasteiger partial charge in [0.2, 0.25) is 0 Å². The Hall–Kier alpha value is -3.00. The number of nitrogens with one attached hydrogen (secondary N) is 1. The molecule has 3 aromatic rings. The van der Waals surface area contributed by atoms with Crippen LogP contribution in [0.1, 0.15) is 10.4 Å². The maximum Gasteiger partial charge on any atom is 0.257 e. The van der Waals surface area contributed by atoms with E-state index >= 15 is 0 Å². The van der Waals surface area contributed by atoms with Gasteiger partial charge in [0, 0.05) is 36.5 Å². The zero-order valence-corrected chi connectivity index (χ0v) is 14.2. The Morgan fingerprint density at radius 2 is 1.96 bits per heavy atom. The Morgan fingerprint density at radius 1 is 1.24 bits per heavy atom. The second-order valence-corrected chi connectivity index (χ2v) is 6.38. The van der Waals surface area contributed by atoms with E-state index in [2.05, 4.69) is 10.3 Å². The minimum Gasteiger partial charge on any atom is -0.399 e. The van der Waals surface area contributed by atoms with Crippen LogP contribution in [0.4, 0.5) is 21.5 Å². The first-order chi connectivity index (χ1) is 11.9. The molecule has 6 nitrogen and oxygen atoms in total. The second kappa shape index (κ2) is 6.86. The fourth-order valence-electron chi connectivity index (χ4n) is 2.16. The van der Waals surface area contributed by atoms with E-state index < -0.39 is 11.7 Å². The SMILES string of the molecule is Cn1ccnc1Sc1cc(C(=O)Nc2ccc(N)cc2)c(N)cc1F. The molecule has 0 fully saturated rings. The summed E-state index contributed by atoms with van der Waals surface area (Å²) in [5, 5.41) is 3.32. The number of halogens is 1. The molecular formula is C17H16FN5OS. The van der Waals surface area contributed by atoms with E-state index in [4.69, 9.17) is 11.5 Å². The molecule has 0 saturated carbocycles. The number of anilines is 3. The molecule has 1 aromatic heterocycles. The number of carbonyl (C=O) groups excluding carboxylic acids is 1. The molecule has 0 unspecified atom stereocenters. The lowest BCUT2D eigenvalue weighted by Gasteiger charge is -2.11. The van der Waals surface area contributed by atoms with Gasteiger partial charge >= 0.3 is 0 Å². The lowest BCUT2D eigenvalue weighted by Crippen LogP contribution is -2.14. The lowest BCUT2D eigenvalue weighted by molar-refractivity contribution is 0.102. The molecule has 0 radical (unpaired) electrons. The number of aromatic nitrogens is 2. The van der Waals surface area contributed by atoms with Crippen molar-refractivity contribution >= 4 is 34.7 Å². The fraction of sp³-hybridized carbons (Fsp3) is 0.0588. The van der Waals surface area contributed by atoms with Crippen molar-refractivity contribution in [1.29, 1.82) is 0 Å². The number of imidazole rings is 1. The molecule has 0 bridgehead atoms. The van der Waals surface area contributed by atoms with Crippen LogP contribution < -0.4 is 16.8 Å². The summed E-state index contributed by atoms with van der Waals surface area (Å²) in [5.41, 5.74) is 12.9. The van der Waals surface area contributed by atoms with Gasteiger partial charge in [0.1, 0.15) is 5.82 Å². The molecule has 1 amide bonds. The van der Waals surface area contributed by atoms with Gasteiger partial charge in [-0.15, -0.1) is 0 Å². The number of amides is 1. The Bertz CT molecular complexity index is 923. The van der Waals surface area contributed by atoms with E-state index in [0.717, 1.165) is 17.8 Å². The number of nitrogens with two attached hydrogens (primary N) is 2. The number of carbonyl (C=O) groups is 1. The highest BCUT2D eigenvalue weighted by Gasteiger charge is 2.16. The molecule has 0 aliphatic heterocycles. The second-order valence-electron chi connectivity index (χ2n) is 5.37. The number of nitrogens with zero attached hydrogens (tertiary/aromatic N) is 2. The number of benzene rings is 2. The lowest BCUT2D eigenvalue weighted by atomic mass is 10.1. The van der Waals surface area contributed by atoms with E-state index in [0.29, 0.717) is 16.5 Å². The third-order valence-corrected chi connectivity index (χ3v) is 4.60. The molecule has 5 N–H and O–H groups in total. The quantitative estimate of drug-likeness (QED) is 0.623. The molecule has 2 aromatic carbocycles. The molecule has 0 aliphatic rings. The summed E-state index contributed by atoms with van der Waals surface area (Å²) in [6.45, 7) is 0. The van der Waals surface area contributed by atoms with Gasteiger partial charge in [-0.3, -0.25) is 4.79 Å². The Balaban J connectivity index is 1.87. The van der Waals surface area contributed by atoms with E-state index in [1.165, 1.54) is 6.07 Å². The summed E-state index contributed by atoms with van der Waals surface area (Å²) in [6.07, 6.45) is 3.37. The van der Waals surface area contributed by atoms with Crippen LogP contribution in [-0.4, -0.2) is 15.5 Å². The van der Waals surface area contributed by atoms with Gasteiger partial charge in [-0.05, 0) is 48.2 Å². The molecule has 128 valence electrons. The van der Waals surface area contributed by atoms with E-state index in [9.17, 15) is 9.18 Å². The summed E-state index contributed by atoms with van der Waals surface area (Å²) >= 11 is 1.12. The van der Waals surface area contributed by atoms with Crippen molar-refractivity contribution in [3.8, 4) is 0 Å².